The maximum Gasteiger partial charge on any atom is 0.324 e. The van der Waals surface area contributed by atoms with Gasteiger partial charge >= 0.3 is 5.88 Å². The van der Waals surface area contributed by atoms with Crippen LogP contribution in [0, 0.1) is 0 Å². The first-order chi connectivity index (χ1) is 20.0. The van der Waals surface area contributed by atoms with Gasteiger partial charge in [-0.3, -0.25) is 14.2 Å². The Labute approximate surface area is 241 Å². The molecule has 13 heteroatoms. The molecule has 3 heterocycles. The number of hydrogen-bond donors (Lipinski definition) is 0. The van der Waals surface area contributed by atoms with Crippen molar-refractivity contribution in [3.8, 4) is 17.2 Å². The fourth-order valence-electron chi connectivity index (χ4n) is 4.49. The number of carbonyl (C=O) groups is 1. The Morgan fingerprint density at radius 2 is 1.78 bits per heavy atom. The van der Waals surface area contributed by atoms with Gasteiger partial charge in [-0.05, 0) is 49.4 Å². The smallest absolute Gasteiger partial charge is 0.324 e. The first-order valence-electron chi connectivity index (χ1n) is 13.0. The molecule has 1 fully saturated rings. The van der Waals surface area contributed by atoms with Gasteiger partial charge in [0.1, 0.15) is 11.4 Å². The van der Waals surface area contributed by atoms with Crippen LogP contribution in [0.2, 0.25) is 0 Å². The highest BCUT2D eigenvalue weighted by molar-refractivity contribution is 8.14. The van der Waals surface area contributed by atoms with Gasteiger partial charge in [0.2, 0.25) is 5.27 Å². The van der Waals surface area contributed by atoms with E-state index in [0.717, 1.165) is 37.7 Å². The third-order valence-corrected chi connectivity index (χ3v) is 7.42. The molecular weight excluding hydrogens is 548 g/mol. The molecular formula is C28H30N6O6S. The average Bonchev–Trinajstić information content (AvgIpc) is 3.60. The van der Waals surface area contributed by atoms with Gasteiger partial charge in [-0.25, -0.2) is 9.98 Å². The van der Waals surface area contributed by atoms with Gasteiger partial charge in [-0.15, -0.1) is 0 Å². The molecule has 41 heavy (non-hydrogen) atoms. The number of ether oxygens (including phenoxy) is 3. The standard InChI is InChI=1S/C28H30N6O6S/c1-37-22-16-24(39-3)23(38-2)15-19(22)14-21-27(36)34(20-10-6-4-7-11-20)28(29-21)41-18-25(35)30-26-17-33(31-40-26)32-12-8-5-9-13-32/h4,6-7,10-11,14-17H,5,8-9,12-13,18H2,1-3H3/b21-14+. The first kappa shape index (κ1) is 28.0. The second kappa shape index (κ2) is 12.8. The van der Waals surface area contributed by atoms with Crippen LogP contribution in [0.1, 0.15) is 24.8 Å². The minimum absolute atomic E-state index is 0.0627. The predicted molar refractivity (Wildman–Crippen MR) is 153 cm³/mol. The summed E-state index contributed by atoms with van der Waals surface area (Å²) in [6.45, 7) is 1.74. The highest BCUT2D eigenvalue weighted by Gasteiger charge is 2.32. The van der Waals surface area contributed by atoms with E-state index in [2.05, 4.69) is 15.3 Å². The summed E-state index contributed by atoms with van der Waals surface area (Å²) >= 11 is 1.11. The van der Waals surface area contributed by atoms with Crippen LogP contribution in [0.25, 0.3) is 6.08 Å². The molecule has 0 spiro atoms. The number of carbonyl (C=O) groups excluding carboxylic acids is 1. The van der Waals surface area contributed by atoms with Gasteiger partial charge < -0.3 is 19.3 Å². The lowest BCUT2D eigenvalue weighted by Crippen LogP contribution is -2.60. The van der Waals surface area contributed by atoms with Crippen LogP contribution in [0.4, 0.5) is 11.6 Å². The van der Waals surface area contributed by atoms with Gasteiger partial charge in [0.15, 0.2) is 16.7 Å². The Morgan fingerprint density at radius 3 is 2.49 bits per heavy atom. The Hall–Kier alpha value is -4.52. The number of aliphatic imine (C=N–C) groups is 2. The molecule has 12 nitrogen and oxygen atoms in total. The van der Waals surface area contributed by atoms with Crippen LogP contribution in [0.5, 0.6) is 17.2 Å². The zero-order chi connectivity index (χ0) is 28.8. The van der Waals surface area contributed by atoms with Crippen molar-refractivity contribution in [1.29, 1.82) is 0 Å². The van der Waals surface area contributed by atoms with Crippen LogP contribution >= 0.6 is 11.8 Å². The summed E-state index contributed by atoms with van der Waals surface area (Å²) in [6.07, 6.45) is 6.56. The number of amidine groups is 1. The predicted octanol–water partition coefficient (Wildman–Crippen LogP) is 2.68. The molecule has 2 aromatic carbocycles. The number of piperidine rings is 1. The van der Waals surface area contributed by atoms with E-state index in [1.165, 1.54) is 32.7 Å². The summed E-state index contributed by atoms with van der Waals surface area (Å²) in [5, 5.41) is 19.1. The van der Waals surface area contributed by atoms with E-state index in [1.807, 2.05) is 23.2 Å². The van der Waals surface area contributed by atoms with E-state index in [0.29, 0.717) is 33.7 Å². The summed E-state index contributed by atoms with van der Waals surface area (Å²) in [5.74, 6) is 0.708. The lowest BCUT2D eigenvalue weighted by Gasteiger charge is -2.18. The third-order valence-electron chi connectivity index (χ3n) is 6.50. The summed E-state index contributed by atoms with van der Waals surface area (Å²) in [7, 11) is 4.59. The van der Waals surface area contributed by atoms with Gasteiger partial charge in [0.05, 0.1) is 44.9 Å². The number of amides is 1. The minimum atomic E-state index is -0.445. The molecule has 2 aliphatic rings. The highest BCUT2D eigenvalue weighted by atomic mass is 32.2. The largest absolute Gasteiger partial charge is 0.861 e. The van der Waals surface area contributed by atoms with Crippen molar-refractivity contribution in [3.05, 3.63) is 59.9 Å². The zero-order valence-electron chi connectivity index (χ0n) is 23.0. The van der Waals surface area contributed by atoms with Crippen LogP contribution in [0.3, 0.4) is 0 Å². The van der Waals surface area contributed by atoms with Gasteiger partial charge in [-0.2, -0.15) is 5.01 Å². The second-order valence-corrected chi connectivity index (χ2v) is 10.1. The molecule has 0 unspecified atom stereocenters. The maximum absolute atomic E-state index is 13.6. The van der Waals surface area contributed by atoms with Crippen molar-refractivity contribution < 1.29 is 33.4 Å². The minimum Gasteiger partial charge on any atom is -0.861 e. The van der Waals surface area contributed by atoms with Crippen LogP contribution in [0.15, 0.2) is 68.9 Å². The van der Waals surface area contributed by atoms with Crippen LogP contribution in [-0.2, 0) is 4.79 Å². The fraction of sp³-hybridized carbons (Fsp3) is 0.321. The number of nitrogens with zero attached hydrogens (tertiary/aromatic N) is 6. The number of aromatic nitrogens is 2. The highest BCUT2D eigenvalue weighted by Crippen LogP contribution is 2.37. The summed E-state index contributed by atoms with van der Waals surface area (Å²) < 4.78 is 21.5. The van der Waals surface area contributed by atoms with Crippen molar-refractivity contribution in [2.75, 3.05) is 50.1 Å². The van der Waals surface area contributed by atoms with Crippen molar-refractivity contribution in [3.63, 3.8) is 0 Å². The maximum atomic E-state index is 13.6. The summed E-state index contributed by atoms with van der Waals surface area (Å²) in [5.41, 5.74) is 1.37. The zero-order valence-corrected chi connectivity index (χ0v) is 23.8. The van der Waals surface area contributed by atoms with Crippen LogP contribution in [-0.4, -0.2) is 62.4 Å². The molecule has 1 saturated heterocycles. The first-order valence-corrected chi connectivity index (χ1v) is 14.0. The normalized spacial score (nSPS) is 16.8. The number of benzene rings is 2. The SMILES string of the molecule is COc1cc(OC)c(OC)cc1/C=C1/N=C(SC/C([O-])=N\c2c[n+](N3CCCCC3)no2)N(c2ccccc2)C1=O. The summed E-state index contributed by atoms with van der Waals surface area (Å²) in [4.78, 5) is 25.3. The number of thioether (sulfide) groups is 1. The van der Waals surface area contributed by atoms with E-state index in [-0.39, 0.29) is 23.2 Å². The topological polar surface area (TPSA) is 129 Å². The Kier molecular flexibility index (Phi) is 8.73. The molecule has 214 valence electrons. The molecule has 0 bridgehead atoms. The Morgan fingerprint density at radius 1 is 1.07 bits per heavy atom. The Balaban J connectivity index is 1.40. The molecule has 3 aromatic rings. The number of methoxy groups -OCH3 is 3. The molecule has 0 N–H and O–H groups in total. The quantitative estimate of drug-likeness (QED) is 0.163. The number of anilines is 1. The average molecular weight is 579 g/mol. The lowest BCUT2D eigenvalue weighted by molar-refractivity contribution is -0.759. The lowest BCUT2D eigenvalue weighted by atomic mass is 10.1. The summed E-state index contributed by atoms with van der Waals surface area (Å²) in [6, 6.07) is 12.5. The van der Waals surface area contributed by atoms with E-state index in [9.17, 15) is 9.90 Å². The van der Waals surface area contributed by atoms with Gasteiger partial charge in [-0.1, -0.05) is 30.0 Å². The van der Waals surface area contributed by atoms with E-state index >= 15 is 0 Å². The monoisotopic (exact) mass is 578 g/mol. The number of hydrogen-bond acceptors (Lipinski definition) is 11. The number of para-hydroxylation sites is 1. The van der Waals surface area contributed by atoms with Crippen molar-refractivity contribution >= 4 is 46.4 Å². The second-order valence-electron chi connectivity index (χ2n) is 9.12. The number of rotatable bonds is 9. The van der Waals surface area contributed by atoms with Crippen molar-refractivity contribution in [2.45, 2.75) is 19.3 Å². The molecule has 5 rings (SSSR count). The van der Waals surface area contributed by atoms with Gasteiger partial charge in [0.25, 0.3) is 12.1 Å². The fourth-order valence-corrected chi connectivity index (χ4v) is 5.28. The molecule has 0 aliphatic carbocycles. The third kappa shape index (κ3) is 6.30. The Bertz CT molecular complexity index is 1480. The van der Waals surface area contributed by atoms with Crippen molar-refractivity contribution in [2.24, 2.45) is 9.98 Å². The molecule has 0 radical (unpaired) electrons. The van der Waals surface area contributed by atoms with E-state index in [1.54, 1.807) is 41.3 Å². The van der Waals surface area contributed by atoms with Gasteiger partial charge in [0, 0.05) is 17.4 Å². The molecule has 0 atom stereocenters. The van der Waals surface area contributed by atoms with E-state index < -0.39 is 5.90 Å². The van der Waals surface area contributed by atoms with Crippen molar-refractivity contribution in [1.82, 2.24) is 5.27 Å². The molecule has 1 aromatic heterocycles. The molecule has 0 saturated carbocycles. The van der Waals surface area contributed by atoms with Crippen LogP contribution < -0.4 is 34.0 Å². The molecule has 2 aliphatic heterocycles. The molecule has 1 amide bonds. The van der Waals surface area contributed by atoms with E-state index in [4.69, 9.17) is 18.7 Å².